The molecule has 1 aliphatic rings. The summed E-state index contributed by atoms with van der Waals surface area (Å²) in [5.41, 5.74) is 6.87. The number of aromatic nitrogens is 2. The molecule has 1 aromatic carbocycles. The molecule has 0 aliphatic carbocycles. The maximum atomic E-state index is 15.0. The molecule has 2 heterocycles. The Labute approximate surface area is 201 Å². The van der Waals surface area contributed by atoms with Crippen LogP contribution in [0.2, 0.25) is 0 Å². The molecule has 13 heteroatoms. The van der Waals surface area contributed by atoms with Gasteiger partial charge in [0.1, 0.15) is 19.0 Å². The van der Waals surface area contributed by atoms with Gasteiger partial charge in [-0.25, -0.2) is 19.2 Å². The lowest BCUT2D eigenvalue weighted by molar-refractivity contribution is -0.121. The van der Waals surface area contributed by atoms with Gasteiger partial charge in [0.25, 0.3) is 0 Å². The van der Waals surface area contributed by atoms with E-state index in [4.69, 9.17) is 20.7 Å². The number of nitrogens with one attached hydrogen (secondary N) is 3. The number of rotatable bonds is 8. The van der Waals surface area contributed by atoms with Crippen LogP contribution < -0.4 is 21.3 Å². The molecule has 2 amide bonds. The van der Waals surface area contributed by atoms with Crippen LogP contribution in [-0.2, 0) is 21.0 Å². The molecule has 1 fully saturated rings. The maximum Gasteiger partial charge on any atom is 0.414 e. The van der Waals surface area contributed by atoms with Crippen LogP contribution in [0.5, 0.6) is 0 Å². The third-order valence-corrected chi connectivity index (χ3v) is 5.14. The van der Waals surface area contributed by atoms with E-state index in [2.05, 4.69) is 20.4 Å². The number of amides is 2. The van der Waals surface area contributed by atoms with Gasteiger partial charge in [-0.3, -0.25) is 15.5 Å². The van der Waals surface area contributed by atoms with E-state index in [1.54, 1.807) is 31.6 Å². The number of alkyl carbamates (subject to hydrolysis) is 1. The van der Waals surface area contributed by atoms with Crippen molar-refractivity contribution >= 4 is 29.6 Å². The van der Waals surface area contributed by atoms with E-state index in [1.807, 2.05) is 10.2 Å². The van der Waals surface area contributed by atoms with Crippen LogP contribution >= 0.6 is 0 Å². The first-order valence-corrected chi connectivity index (χ1v) is 10.9. The second kappa shape index (κ2) is 12.3. The van der Waals surface area contributed by atoms with Gasteiger partial charge >= 0.3 is 6.09 Å². The SMILES string of the molecule is CNC(=O)CCON=C1CCN(c2ncc(-c3cccc(COC(=O)NC(=N)N)c3F)cn2)CC1. The molecule has 186 valence electrons. The van der Waals surface area contributed by atoms with Crippen molar-refractivity contribution in [3.05, 3.63) is 42.0 Å². The van der Waals surface area contributed by atoms with Gasteiger partial charge in [-0.15, -0.1) is 0 Å². The zero-order valence-electron chi connectivity index (χ0n) is 19.2. The maximum absolute atomic E-state index is 15.0. The first kappa shape index (κ1) is 25.3. The molecule has 1 aliphatic heterocycles. The highest BCUT2D eigenvalue weighted by Gasteiger charge is 2.19. The Balaban J connectivity index is 1.56. The van der Waals surface area contributed by atoms with Gasteiger partial charge in [0, 0.05) is 62.1 Å². The molecule has 0 spiro atoms. The predicted molar refractivity (Wildman–Crippen MR) is 126 cm³/mol. The number of ether oxygens (including phenoxy) is 1. The minimum atomic E-state index is -0.944. The molecule has 1 saturated heterocycles. The largest absolute Gasteiger partial charge is 0.444 e. The summed E-state index contributed by atoms with van der Waals surface area (Å²) < 4.78 is 19.8. The lowest BCUT2D eigenvalue weighted by Crippen LogP contribution is -2.36. The fourth-order valence-corrected chi connectivity index (χ4v) is 3.28. The lowest BCUT2D eigenvalue weighted by Gasteiger charge is -2.27. The van der Waals surface area contributed by atoms with Gasteiger partial charge in [-0.2, -0.15) is 0 Å². The van der Waals surface area contributed by atoms with Crippen LogP contribution in [0.1, 0.15) is 24.8 Å². The Morgan fingerprint density at radius 3 is 2.63 bits per heavy atom. The number of nitrogens with two attached hydrogens (primary N) is 1. The van der Waals surface area contributed by atoms with Crippen molar-refractivity contribution in [2.24, 2.45) is 10.9 Å². The number of piperidine rings is 1. The standard InChI is InChI=1S/C22H27FN8O4/c1-26-18(32)7-10-35-30-16-5-8-31(9-6-16)21-27-11-15(12-28-21)17-4-2-3-14(19(17)23)13-34-22(33)29-20(24)25/h2-4,11-12H,5-10,13H2,1H3,(H,26,32)(H4,24,25,29,33). The number of halogens is 1. The molecular weight excluding hydrogens is 459 g/mol. The van der Waals surface area contributed by atoms with Crippen LogP contribution in [0.25, 0.3) is 11.1 Å². The van der Waals surface area contributed by atoms with E-state index < -0.39 is 17.9 Å². The molecular formula is C22H27FN8O4. The number of nitrogens with zero attached hydrogens (tertiary/aromatic N) is 4. The lowest BCUT2D eigenvalue weighted by atomic mass is 10.1. The van der Waals surface area contributed by atoms with Crippen molar-refractivity contribution in [2.75, 3.05) is 31.6 Å². The molecule has 0 atom stereocenters. The summed E-state index contributed by atoms with van der Waals surface area (Å²) in [4.78, 5) is 38.6. The highest BCUT2D eigenvalue weighted by molar-refractivity contribution is 5.91. The highest BCUT2D eigenvalue weighted by atomic mass is 19.1. The van der Waals surface area contributed by atoms with E-state index in [0.717, 1.165) is 5.71 Å². The first-order valence-electron chi connectivity index (χ1n) is 10.9. The molecule has 0 bridgehead atoms. The molecule has 1 aromatic heterocycles. The number of benzene rings is 1. The van der Waals surface area contributed by atoms with Crippen LogP contribution in [0.15, 0.2) is 35.7 Å². The van der Waals surface area contributed by atoms with Crippen LogP contribution in [0, 0.1) is 11.2 Å². The summed E-state index contributed by atoms with van der Waals surface area (Å²) in [5.74, 6) is -0.702. The molecule has 0 saturated carbocycles. The van der Waals surface area contributed by atoms with Gasteiger partial charge in [0.2, 0.25) is 11.9 Å². The fraction of sp³-hybridized carbons (Fsp3) is 0.364. The second-order valence-electron chi connectivity index (χ2n) is 7.57. The zero-order valence-corrected chi connectivity index (χ0v) is 19.2. The quantitative estimate of drug-likeness (QED) is 0.188. The number of carbonyl (C=O) groups excluding carboxylic acids is 2. The van der Waals surface area contributed by atoms with E-state index in [9.17, 15) is 14.0 Å². The molecule has 2 aromatic rings. The van der Waals surface area contributed by atoms with Crippen molar-refractivity contribution < 1.29 is 23.6 Å². The average Bonchev–Trinajstić information content (AvgIpc) is 2.86. The van der Waals surface area contributed by atoms with E-state index in [-0.39, 0.29) is 36.7 Å². The fourth-order valence-electron chi connectivity index (χ4n) is 3.28. The van der Waals surface area contributed by atoms with Crippen LogP contribution in [-0.4, -0.2) is 60.4 Å². The minimum absolute atomic E-state index is 0.0994. The number of hydrogen-bond acceptors (Lipinski definition) is 9. The van der Waals surface area contributed by atoms with Gasteiger partial charge in [-0.05, 0) is 0 Å². The van der Waals surface area contributed by atoms with Gasteiger partial charge in [-0.1, -0.05) is 23.4 Å². The van der Waals surface area contributed by atoms with Gasteiger partial charge in [0.15, 0.2) is 5.96 Å². The Bertz CT molecular complexity index is 1080. The number of hydrogen-bond donors (Lipinski definition) is 4. The van der Waals surface area contributed by atoms with E-state index in [1.165, 1.54) is 6.07 Å². The number of anilines is 1. The topological polar surface area (TPSA) is 168 Å². The van der Waals surface area contributed by atoms with Crippen LogP contribution in [0.4, 0.5) is 15.1 Å². The zero-order chi connectivity index (χ0) is 25.2. The Morgan fingerprint density at radius 2 is 1.97 bits per heavy atom. The van der Waals surface area contributed by atoms with Crippen molar-refractivity contribution in [1.29, 1.82) is 5.41 Å². The highest BCUT2D eigenvalue weighted by Crippen LogP contribution is 2.25. The summed E-state index contributed by atoms with van der Waals surface area (Å²) in [5, 5.41) is 15.6. The Hall–Kier alpha value is -4.29. The summed E-state index contributed by atoms with van der Waals surface area (Å²) in [6, 6.07) is 4.71. The molecule has 35 heavy (non-hydrogen) atoms. The summed E-state index contributed by atoms with van der Waals surface area (Å²) >= 11 is 0. The smallest absolute Gasteiger partial charge is 0.414 e. The molecule has 3 rings (SSSR count). The summed E-state index contributed by atoms with van der Waals surface area (Å²) in [6.07, 6.45) is 3.75. The number of guanidine groups is 1. The van der Waals surface area contributed by atoms with Crippen molar-refractivity contribution in [3.63, 3.8) is 0 Å². The normalized spacial score (nSPS) is 13.1. The third-order valence-electron chi connectivity index (χ3n) is 5.14. The number of oxime groups is 1. The van der Waals surface area contributed by atoms with E-state index in [0.29, 0.717) is 37.4 Å². The Morgan fingerprint density at radius 1 is 1.26 bits per heavy atom. The average molecular weight is 487 g/mol. The molecule has 12 nitrogen and oxygen atoms in total. The monoisotopic (exact) mass is 486 g/mol. The molecule has 0 radical (unpaired) electrons. The van der Waals surface area contributed by atoms with Gasteiger partial charge < -0.3 is 25.5 Å². The predicted octanol–water partition coefficient (Wildman–Crippen LogP) is 1.51. The second-order valence-corrected chi connectivity index (χ2v) is 7.57. The van der Waals surface area contributed by atoms with Crippen molar-refractivity contribution in [3.8, 4) is 11.1 Å². The molecule has 5 N–H and O–H groups in total. The van der Waals surface area contributed by atoms with Crippen LogP contribution in [0.3, 0.4) is 0 Å². The summed E-state index contributed by atoms with van der Waals surface area (Å²) in [7, 11) is 1.57. The minimum Gasteiger partial charge on any atom is -0.444 e. The summed E-state index contributed by atoms with van der Waals surface area (Å²) in [6.45, 7) is 1.21. The Kier molecular flexibility index (Phi) is 8.87. The third kappa shape index (κ3) is 7.35. The van der Waals surface area contributed by atoms with Crippen molar-refractivity contribution in [1.82, 2.24) is 20.6 Å². The number of carbonyl (C=O) groups is 2. The van der Waals surface area contributed by atoms with Gasteiger partial charge in [0.05, 0.1) is 12.1 Å². The van der Waals surface area contributed by atoms with E-state index >= 15 is 0 Å². The first-order chi connectivity index (χ1) is 16.9. The van der Waals surface area contributed by atoms with Crippen molar-refractivity contribution in [2.45, 2.75) is 25.9 Å². The molecule has 0 unspecified atom stereocenters.